The Kier molecular flexibility index (Phi) is 11.6. The van der Waals surface area contributed by atoms with Crippen LogP contribution in [0.2, 0.25) is 0 Å². The first-order valence-corrected chi connectivity index (χ1v) is 21.9. The Balaban J connectivity index is 1.22. The van der Waals surface area contributed by atoms with E-state index in [4.69, 9.17) is 9.47 Å². The molecular weight excluding hydrogens is 677 g/mol. The fourth-order valence-corrected chi connectivity index (χ4v) is 14.2. The van der Waals surface area contributed by atoms with Gasteiger partial charge in [0, 0.05) is 18.9 Å². The average Bonchev–Trinajstić information content (AvgIpc) is 3.96. The molecule has 0 aromatic heterocycles. The van der Waals surface area contributed by atoms with Gasteiger partial charge >= 0.3 is 11.9 Å². The summed E-state index contributed by atoms with van der Waals surface area (Å²) in [4.78, 5) is 25.1. The number of benzene rings is 1. The summed E-state index contributed by atoms with van der Waals surface area (Å²) in [7, 11) is 0. The van der Waals surface area contributed by atoms with Crippen molar-refractivity contribution in [3.63, 3.8) is 0 Å². The zero-order valence-electron chi connectivity index (χ0n) is 33.8. The second kappa shape index (κ2) is 15.6. The number of aliphatic hydroxyl groups excluding tert-OH is 2. The van der Waals surface area contributed by atoms with E-state index in [9.17, 15) is 24.9 Å². The quantitative estimate of drug-likeness (QED) is 0.173. The van der Waals surface area contributed by atoms with Gasteiger partial charge in [0.25, 0.3) is 0 Å². The molecule has 0 saturated heterocycles. The molecular formula is C47H70O7. The predicted octanol–water partition coefficient (Wildman–Crippen LogP) is 9.05. The fourth-order valence-electron chi connectivity index (χ4n) is 14.2. The molecule has 300 valence electrons. The molecule has 2 spiro atoms. The molecule has 5 saturated carbocycles. The van der Waals surface area contributed by atoms with Gasteiger partial charge in [0.15, 0.2) is 0 Å². The summed E-state index contributed by atoms with van der Waals surface area (Å²) in [5, 5.41) is 39.2. The molecule has 5 aliphatic carbocycles. The number of cyclic esters (lactones) is 1. The van der Waals surface area contributed by atoms with Gasteiger partial charge in [-0.15, -0.1) is 0 Å². The van der Waals surface area contributed by atoms with Crippen LogP contribution in [0.4, 0.5) is 0 Å². The Morgan fingerprint density at radius 3 is 2.43 bits per heavy atom. The zero-order valence-corrected chi connectivity index (χ0v) is 33.8. The second-order valence-corrected chi connectivity index (χ2v) is 20.0. The van der Waals surface area contributed by atoms with E-state index >= 15 is 0 Å². The molecule has 0 bridgehead atoms. The van der Waals surface area contributed by atoms with Crippen LogP contribution in [0.5, 0.6) is 0 Å². The Morgan fingerprint density at radius 2 is 1.72 bits per heavy atom. The predicted molar refractivity (Wildman–Crippen MR) is 210 cm³/mol. The summed E-state index contributed by atoms with van der Waals surface area (Å²) in [6, 6.07) is 10.6. The summed E-state index contributed by atoms with van der Waals surface area (Å²) >= 11 is 0. The molecule has 5 fully saturated rings. The zero-order chi connectivity index (χ0) is 38.4. The normalized spacial score (nSPS) is 39.7. The number of esters is 2. The van der Waals surface area contributed by atoms with Crippen molar-refractivity contribution in [1.82, 2.24) is 0 Å². The molecule has 1 heterocycles. The molecule has 7 heteroatoms. The first kappa shape index (κ1) is 40.0. The van der Waals surface area contributed by atoms with Crippen molar-refractivity contribution in [3.05, 3.63) is 47.5 Å². The van der Waals surface area contributed by atoms with Crippen LogP contribution < -0.4 is 0 Å². The van der Waals surface area contributed by atoms with Gasteiger partial charge in [0.1, 0.15) is 12.7 Å². The van der Waals surface area contributed by atoms with E-state index in [-0.39, 0.29) is 29.9 Å². The lowest BCUT2D eigenvalue weighted by Gasteiger charge is -2.70. The van der Waals surface area contributed by atoms with Crippen molar-refractivity contribution in [2.75, 3.05) is 6.61 Å². The van der Waals surface area contributed by atoms with Crippen molar-refractivity contribution >= 4 is 11.9 Å². The third-order valence-electron chi connectivity index (χ3n) is 16.8. The lowest BCUT2D eigenvalue weighted by Crippen LogP contribution is -2.77. The SMILES string of the molecule is CC(=O)O[C@@H]1C[C@@H](C)[C@](O)(CCC2=CC(=O)OC2)[C@@]2([C@@H](O)CC[C@H](C)CCCc3ccccc3)[C@@H](O)CC[C@@](C)([C@@H]3CC[C@@]4(CCC5(CCCC5)C4)C3)[C@H]12. The van der Waals surface area contributed by atoms with E-state index in [1.807, 2.05) is 13.0 Å². The van der Waals surface area contributed by atoms with Crippen LogP contribution in [0.25, 0.3) is 0 Å². The van der Waals surface area contributed by atoms with E-state index in [2.05, 4.69) is 38.1 Å². The van der Waals surface area contributed by atoms with Gasteiger partial charge in [-0.05, 0) is 154 Å². The summed E-state index contributed by atoms with van der Waals surface area (Å²) in [6.45, 7) is 8.34. The number of hydrogen-bond donors (Lipinski definition) is 3. The minimum absolute atomic E-state index is 0.213. The Bertz CT molecular complexity index is 1520. The van der Waals surface area contributed by atoms with Crippen LogP contribution in [0, 0.1) is 45.3 Å². The molecule has 0 amide bonds. The molecule has 7 nitrogen and oxygen atoms in total. The van der Waals surface area contributed by atoms with E-state index in [1.54, 1.807) is 0 Å². The summed E-state index contributed by atoms with van der Waals surface area (Å²) in [5.74, 6) is -0.767. The van der Waals surface area contributed by atoms with Crippen LogP contribution in [-0.2, 0) is 25.5 Å². The average molecular weight is 747 g/mol. The van der Waals surface area contributed by atoms with Gasteiger partial charge in [-0.25, -0.2) is 4.79 Å². The molecule has 0 radical (unpaired) electrons. The van der Waals surface area contributed by atoms with Crippen LogP contribution in [-0.4, -0.2) is 57.8 Å². The summed E-state index contributed by atoms with van der Waals surface area (Å²) in [6.07, 6.45) is 18.8. The topological polar surface area (TPSA) is 113 Å². The van der Waals surface area contributed by atoms with Crippen molar-refractivity contribution in [2.24, 2.45) is 45.3 Å². The maximum atomic E-state index is 13.5. The van der Waals surface area contributed by atoms with Gasteiger partial charge in [0.2, 0.25) is 0 Å². The molecule has 1 aliphatic heterocycles. The monoisotopic (exact) mass is 747 g/mol. The third-order valence-corrected chi connectivity index (χ3v) is 16.8. The van der Waals surface area contributed by atoms with E-state index in [0.717, 1.165) is 50.5 Å². The van der Waals surface area contributed by atoms with Crippen molar-refractivity contribution in [2.45, 2.75) is 180 Å². The number of aliphatic hydroxyl groups is 3. The standard InChI is InChI=1S/C47H70O7/c1-32(11-10-14-35-12-6-5-7-13-35)15-16-39(49)47-40(50)19-22-43(4,37-18-23-45(29-37)26-25-44(31-45)20-8-9-21-44)42(47)38(54-34(3)48)27-33(2)46(47,52)24-17-36-28-41(51)53-30-36/h5-7,12-13,28,32-33,37-40,42,49-50,52H,8-11,14-27,29-31H2,1-4H3/t32-,33-,37-,38-,39+,40+,42+,43+,45-,46-,47+/m1/s1. The molecule has 54 heavy (non-hydrogen) atoms. The molecule has 0 unspecified atom stereocenters. The highest BCUT2D eigenvalue weighted by Crippen LogP contribution is 2.72. The highest BCUT2D eigenvalue weighted by molar-refractivity contribution is 5.85. The van der Waals surface area contributed by atoms with E-state index in [1.165, 1.54) is 69.9 Å². The lowest BCUT2D eigenvalue weighted by atomic mass is 9.38. The maximum absolute atomic E-state index is 13.5. The third kappa shape index (κ3) is 7.25. The number of fused-ring (bicyclic) bond motifs is 1. The highest BCUT2D eigenvalue weighted by Gasteiger charge is 2.75. The van der Waals surface area contributed by atoms with Crippen LogP contribution >= 0.6 is 0 Å². The number of ether oxygens (including phenoxy) is 2. The lowest BCUT2D eigenvalue weighted by molar-refractivity contribution is -0.326. The smallest absolute Gasteiger partial charge is 0.331 e. The van der Waals surface area contributed by atoms with Gasteiger partial charge in [0.05, 0.1) is 23.2 Å². The number of carbonyl (C=O) groups excluding carboxylic acids is 2. The fraction of sp³-hybridized carbons (Fsp3) is 0.787. The second-order valence-electron chi connectivity index (χ2n) is 20.0. The molecule has 1 aromatic rings. The van der Waals surface area contributed by atoms with Crippen LogP contribution in [0.15, 0.2) is 42.0 Å². The van der Waals surface area contributed by atoms with Crippen molar-refractivity contribution < 1.29 is 34.4 Å². The number of hydrogen-bond acceptors (Lipinski definition) is 7. The Labute approximate surface area is 325 Å². The minimum Gasteiger partial charge on any atom is -0.462 e. The first-order chi connectivity index (χ1) is 25.7. The molecule has 11 atom stereocenters. The Morgan fingerprint density at radius 1 is 0.981 bits per heavy atom. The van der Waals surface area contributed by atoms with Gasteiger partial charge in [-0.3, -0.25) is 4.79 Å². The number of rotatable bonds is 13. The van der Waals surface area contributed by atoms with E-state index in [0.29, 0.717) is 54.8 Å². The van der Waals surface area contributed by atoms with Crippen molar-refractivity contribution in [3.8, 4) is 0 Å². The molecule has 7 rings (SSSR count). The maximum Gasteiger partial charge on any atom is 0.331 e. The molecule has 3 N–H and O–H groups in total. The number of aryl methyl sites for hydroxylation is 1. The minimum atomic E-state index is -1.46. The van der Waals surface area contributed by atoms with Crippen LogP contribution in [0.3, 0.4) is 0 Å². The van der Waals surface area contributed by atoms with Gasteiger partial charge in [-0.2, -0.15) is 0 Å². The Hall–Kier alpha value is -2.22. The molecule has 6 aliphatic rings. The van der Waals surface area contributed by atoms with Crippen LogP contribution in [0.1, 0.15) is 155 Å². The van der Waals surface area contributed by atoms with E-state index < -0.39 is 35.2 Å². The number of carbonyl (C=O) groups is 2. The summed E-state index contributed by atoms with van der Waals surface area (Å²) in [5.41, 5.74) is -0.0831. The molecule has 1 aromatic carbocycles. The van der Waals surface area contributed by atoms with Gasteiger partial charge in [-0.1, -0.05) is 70.4 Å². The highest BCUT2D eigenvalue weighted by atomic mass is 16.5. The largest absolute Gasteiger partial charge is 0.462 e. The summed E-state index contributed by atoms with van der Waals surface area (Å²) < 4.78 is 11.6. The first-order valence-electron chi connectivity index (χ1n) is 21.9. The van der Waals surface area contributed by atoms with Crippen molar-refractivity contribution in [1.29, 1.82) is 0 Å². The van der Waals surface area contributed by atoms with Gasteiger partial charge < -0.3 is 24.8 Å².